The molecule has 4 nitrogen and oxygen atoms in total. The standard InChI is InChI=1S/C9H7Cl2NO3/c1-5(13)9(11)7-3-2-6(12(14)15)4-8(7)10/h2-4,9H,1H3. The third kappa shape index (κ3) is 2.67. The Hall–Kier alpha value is -1.13. The summed E-state index contributed by atoms with van der Waals surface area (Å²) in [6, 6.07) is 3.83. The molecule has 0 saturated carbocycles. The van der Waals surface area contributed by atoms with Crippen molar-refractivity contribution in [2.24, 2.45) is 0 Å². The molecule has 15 heavy (non-hydrogen) atoms. The molecule has 0 aliphatic carbocycles. The number of ketones is 1. The molecule has 0 heterocycles. The number of benzene rings is 1. The van der Waals surface area contributed by atoms with Crippen LogP contribution < -0.4 is 0 Å². The van der Waals surface area contributed by atoms with Crippen LogP contribution >= 0.6 is 23.2 Å². The van der Waals surface area contributed by atoms with Crippen molar-refractivity contribution in [2.75, 3.05) is 0 Å². The molecule has 0 aromatic heterocycles. The van der Waals surface area contributed by atoms with Gasteiger partial charge >= 0.3 is 0 Å². The maximum atomic E-state index is 11.0. The van der Waals surface area contributed by atoms with Crippen LogP contribution in [-0.2, 0) is 4.79 Å². The number of non-ortho nitro benzene ring substituents is 1. The van der Waals surface area contributed by atoms with Crippen molar-refractivity contribution in [1.29, 1.82) is 0 Å². The Morgan fingerprint density at radius 3 is 2.53 bits per heavy atom. The Bertz CT molecular complexity index is 420. The highest BCUT2D eigenvalue weighted by Gasteiger charge is 2.18. The minimum Gasteiger partial charge on any atom is -0.298 e. The van der Waals surface area contributed by atoms with Crippen molar-refractivity contribution in [3.8, 4) is 0 Å². The molecular weight excluding hydrogens is 241 g/mol. The summed E-state index contributed by atoms with van der Waals surface area (Å²) in [5, 5.41) is 9.68. The van der Waals surface area contributed by atoms with Crippen LogP contribution in [-0.4, -0.2) is 10.7 Å². The molecule has 0 aliphatic heterocycles. The van der Waals surface area contributed by atoms with E-state index in [1.807, 2.05) is 0 Å². The third-order valence-electron chi connectivity index (χ3n) is 1.82. The number of carbonyl (C=O) groups is 1. The van der Waals surface area contributed by atoms with Crippen LogP contribution in [0.15, 0.2) is 18.2 Å². The van der Waals surface area contributed by atoms with Gasteiger partial charge in [0.1, 0.15) is 5.38 Å². The van der Waals surface area contributed by atoms with E-state index in [-0.39, 0.29) is 16.5 Å². The number of carbonyl (C=O) groups excluding carboxylic acids is 1. The van der Waals surface area contributed by atoms with Crippen molar-refractivity contribution in [3.05, 3.63) is 38.9 Å². The third-order valence-corrected chi connectivity index (χ3v) is 2.69. The first-order valence-electron chi connectivity index (χ1n) is 4.02. The summed E-state index contributed by atoms with van der Waals surface area (Å²) in [7, 11) is 0. The molecule has 1 aromatic carbocycles. The van der Waals surface area contributed by atoms with E-state index in [9.17, 15) is 14.9 Å². The van der Waals surface area contributed by atoms with Gasteiger partial charge in [-0.1, -0.05) is 11.6 Å². The Labute approximate surface area is 95.9 Å². The summed E-state index contributed by atoms with van der Waals surface area (Å²) in [5.74, 6) is -0.257. The molecule has 6 heteroatoms. The Kier molecular flexibility index (Phi) is 3.66. The number of halogens is 2. The predicted molar refractivity (Wildman–Crippen MR) is 57.4 cm³/mol. The Balaban J connectivity index is 3.13. The molecule has 0 N–H and O–H groups in total. The molecule has 0 spiro atoms. The zero-order chi connectivity index (χ0) is 11.6. The molecule has 0 amide bonds. The van der Waals surface area contributed by atoms with Gasteiger partial charge in [0.15, 0.2) is 5.78 Å². The average molecular weight is 248 g/mol. The molecule has 0 aliphatic rings. The van der Waals surface area contributed by atoms with E-state index >= 15 is 0 Å². The van der Waals surface area contributed by atoms with Crippen LogP contribution in [0.5, 0.6) is 0 Å². The lowest BCUT2D eigenvalue weighted by Crippen LogP contribution is -2.02. The minimum absolute atomic E-state index is 0.124. The van der Waals surface area contributed by atoms with Gasteiger partial charge in [-0.2, -0.15) is 0 Å². The fourth-order valence-corrected chi connectivity index (χ4v) is 1.58. The van der Waals surface area contributed by atoms with E-state index in [0.29, 0.717) is 5.56 Å². The van der Waals surface area contributed by atoms with Crippen molar-refractivity contribution >= 4 is 34.7 Å². The summed E-state index contributed by atoms with van der Waals surface area (Å²) in [6.07, 6.45) is 0. The molecule has 80 valence electrons. The lowest BCUT2D eigenvalue weighted by atomic mass is 10.1. The SMILES string of the molecule is CC(=O)C(Cl)c1ccc([N+](=O)[O-])cc1Cl. The number of nitro groups is 1. The van der Waals surface area contributed by atoms with Crippen LogP contribution in [0.1, 0.15) is 17.9 Å². The second kappa shape index (κ2) is 4.59. The largest absolute Gasteiger partial charge is 0.298 e. The first-order valence-corrected chi connectivity index (χ1v) is 4.83. The lowest BCUT2D eigenvalue weighted by molar-refractivity contribution is -0.384. The maximum Gasteiger partial charge on any atom is 0.270 e. The Morgan fingerprint density at radius 2 is 2.13 bits per heavy atom. The van der Waals surface area contributed by atoms with Crippen LogP contribution in [0.25, 0.3) is 0 Å². The predicted octanol–water partition coefficient (Wildman–Crippen LogP) is 3.12. The number of Topliss-reactive ketones (excluding diaryl/α,β-unsaturated/α-hetero) is 1. The zero-order valence-electron chi connectivity index (χ0n) is 7.74. The summed E-state index contributed by atoms with van der Waals surface area (Å²) >= 11 is 11.5. The van der Waals surface area contributed by atoms with Gasteiger partial charge in [-0.15, -0.1) is 11.6 Å². The van der Waals surface area contributed by atoms with E-state index in [1.54, 1.807) is 0 Å². The Morgan fingerprint density at radius 1 is 1.53 bits per heavy atom. The molecular formula is C9H7Cl2NO3. The molecule has 0 saturated heterocycles. The fraction of sp³-hybridized carbons (Fsp3) is 0.222. The molecule has 1 unspecified atom stereocenters. The summed E-state index contributed by atoms with van der Waals surface area (Å²) in [4.78, 5) is 20.8. The second-order valence-electron chi connectivity index (χ2n) is 2.94. The van der Waals surface area contributed by atoms with Crippen molar-refractivity contribution in [1.82, 2.24) is 0 Å². The summed E-state index contributed by atoms with van der Waals surface area (Å²) < 4.78 is 0. The number of rotatable bonds is 3. The highest BCUT2D eigenvalue weighted by molar-refractivity contribution is 6.36. The first kappa shape index (κ1) is 11.9. The van der Waals surface area contributed by atoms with Gasteiger partial charge in [-0.05, 0) is 18.6 Å². The van der Waals surface area contributed by atoms with E-state index in [4.69, 9.17) is 23.2 Å². The number of nitro benzene ring substituents is 1. The van der Waals surface area contributed by atoms with Gasteiger partial charge in [-0.25, -0.2) is 0 Å². The van der Waals surface area contributed by atoms with Crippen molar-refractivity contribution in [3.63, 3.8) is 0 Å². The van der Waals surface area contributed by atoms with E-state index < -0.39 is 10.3 Å². The molecule has 0 radical (unpaired) electrons. The average Bonchev–Trinajstić information content (AvgIpc) is 2.16. The quantitative estimate of drug-likeness (QED) is 0.469. The molecule has 1 aromatic rings. The summed E-state index contributed by atoms with van der Waals surface area (Å²) in [6.45, 7) is 1.33. The number of alkyl halides is 1. The van der Waals surface area contributed by atoms with Gasteiger partial charge in [-0.3, -0.25) is 14.9 Å². The zero-order valence-corrected chi connectivity index (χ0v) is 9.25. The molecule has 1 atom stereocenters. The van der Waals surface area contributed by atoms with Crippen LogP contribution in [0.3, 0.4) is 0 Å². The van der Waals surface area contributed by atoms with Gasteiger partial charge in [0.2, 0.25) is 0 Å². The topological polar surface area (TPSA) is 60.2 Å². The minimum atomic E-state index is -0.863. The van der Waals surface area contributed by atoms with Gasteiger partial charge in [0.25, 0.3) is 5.69 Å². The highest BCUT2D eigenvalue weighted by Crippen LogP contribution is 2.31. The highest BCUT2D eigenvalue weighted by atomic mass is 35.5. The maximum absolute atomic E-state index is 11.0. The van der Waals surface area contributed by atoms with E-state index in [0.717, 1.165) is 0 Å². The smallest absolute Gasteiger partial charge is 0.270 e. The normalized spacial score (nSPS) is 12.2. The van der Waals surface area contributed by atoms with Crippen LogP contribution in [0.2, 0.25) is 5.02 Å². The second-order valence-corrected chi connectivity index (χ2v) is 3.78. The monoisotopic (exact) mass is 247 g/mol. The number of nitrogens with zero attached hydrogens (tertiary/aromatic N) is 1. The van der Waals surface area contributed by atoms with Gasteiger partial charge in [0.05, 0.1) is 9.95 Å². The van der Waals surface area contributed by atoms with Gasteiger partial charge < -0.3 is 0 Å². The van der Waals surface area contributed by atoms with E-state index in [2.05, 4.69) is 0 Å². The van der Waals surface area contributed by atoms with Crippen molar-refractivity contribution < 1.29 is 9.72 Å². The number of hydrogen-bond acceptors (Lipinski definition) is 3. The van der Waals surface area contributed by atoms with Crippen LogP contribution in [0.4, 0.5) is 5.69 Å². The number of hydrogen-bond donors (Lipinski definition) is 0. The molecule has 1 rings (SSSR count). The van der Waals surface area contributed by atoms with Gasteiger partial charge in [0, 0.05) is 12.1 Å². The lowest BCUT2D eigenvalue weighted by Gasteiger charge is -2.07. The van der Waals surface area contributed by atoms with Crippen LogP contribution in [0, 0.1) is 10.1 Å². The fourth-order valence-electron chi connectivity index (χ4n) is 1.05. The van der Waals surface area contributed by atoms with Crippen molar-refractivity contribution in [2.45, 2.75) is 12.3 Å². The first-order chi connectivity index (χ1) is 6.93. The van der Waals surface area contributed by atoms with E-state index in [1.165, 1.54) is 25.1 Å². The summed E-state index contributed by atoms with van der Waals surface area (Å²) in [5.41, 5.74) is 0.257. The molecule has 0 bridgehead atoms. The molecule has 0 fully saturated rings.